The SMILES string of the molecule is C#C[C@@]1(n2cnc3c(=O)[nH]c(N)nc32)O[C@H](COP(=O)(O)OP(=O)(O)OP(=O)(O)O)[C@@H](O)[C@H]1O. The van der Waals surface area contributed by atoms with Crippen molar-refractivity contribution in [1.82, 2.24) is 19.5 Å². The van der Waals surface area contributed by atoms with Crippen LogP contribution < -0.4 is 11.3 Å². The van der Waals surface area contributed by atoms with Crippen molar-refractivity contribution in [1.29, 1.82) is 0 Å². The molecule has 19 nitrogen and oxygen atoms in total. The van der Waals surface area contributed by atoms with Gasteiger partial charge in [-0.15, -0.1) is 6.42 Å². The van der Waals surface area contributed by atoms with E-state index in [2.05, 4.69) is 34.0 Å². The van der Waals surface area contributed by atoms with Crippen LogP contribution in [0.4, 0.5) is 5.95 Å². The van der Waals surface area contributed by atoms with Gasteiger partial charge < -0.3 is 40.3 Å². The highest BCUT2D eigenvalue weighted by Crippen LogP contribution is 2.66. The standard InChI is InChI=1S/C12H16N5O14P3/c1-2-12(17-4-14-6-9(17)15-11(13)16-10(6)20)8(19)7(18)5(29-12)3-28-33(24,25)31-34(26,27)30-32(21,22)23/h1,4-5,7-8,18-19H,3H2,(H,24,25)(H,26,27)(H2,21,22,23)(H3,13,15,16,20)/t5-,7-,8-,12-/m1/s1. The lowest BCUT2D eigenvalue weighted by Gasteiger charge is -2.28. The van der Waals surface area contributed by atoms with Crippen molar-refractivity contribution in [2.24, 2.45) is 0 Å². The van der Waals surface area contributed by atoms with Gasteiger partial charge in [-0.1, -0.05) is 0 Å². The monoisotopic (exact) mass is 547 g/mol. The lowest BCUT2D eigenvalue weighted by atomic mass is 10.0. The molecule has 1 aliphatic heterocycles. The molecule has 3 heterocycles. The first-order chi connectivity index (χ1) is 15.5. The number of aliphatic hydroxyl groups is 2. The molecule has 9 N–H and O–H groups in total. The Morgan fingerprint density at radius 3 is 2.47 bits per heavy atom. The first-order valence-electron chi connectivity index (χ1n) is 8.53. The summed E-state index contributed by atoms with van der Waals surface area (Å²) in [6, 6.07) is 0. The van der Waals surface area contributed by atoms with Crippen molar-refractivity contribution in [2.45, 2.75) is 24.0 Å². The van der Waals surface area contributed by atoms with Crippen molar-refractivity contribution in [2.75, 3.05) is 12.3 Å². The average Bonchev–Trinajstić information content (AvgIpc) is 3.18. The molecule has 0 aromatic carbocycles. The largest absolute Gasteiger partial charge is 0.490 e. The molecule has 0 saturated carbocycles. The summed E-state index contributed by atoms with van der Waals surface area (Å²) in [7, 11) is -16.9. The summed E-state index contributed by atoms with van der Waals surface area (Å²) in [6.07, 6.45) is 0.864. The molecule has 34 heavy (non-hydrogen) atoms. The number of imidazole rings is 1. The summed E-state index contributed by atoms with van der Waals surface area (Å²) in [6.45, 7) is -1.12. The van der Waals surface area contributed by atoms with Gasteiger partial charge in [0.2, 0.25) is 11.7 Å². The average molecular weight is 547 g/mol. The van der Waals surface area contributed by atoms with E-state index < -0.39 is 59.7 Å². The zero-order valence-corrected chi connectivity index (χ0v) is 19.0. The minimum Gasteiger partial charge on any atom is -0.387 e. The van der Waals surface area contributed by atoms with E-state index in [1.54, 1.807) is 0 Å². The third-order valence-electron chi connectivity index (χ3n) is 4.24. The van der Waals surface area contributed by atoms with Gasteiger partial charge in [0.1, 0.15) is 24.6 Å². The minimum absolute atomic E-state index is 0.251. The van der Waals surface area contributed by atoms with Crippen LogP contribution in [0.15, 0.2) is 11.1 Å². The zero-order chi connectivity index (χ0) is 25.7. The molecule has 0 amide bonds. The number of H-pyrrole nitrogens is 1. The molecular weight excluding hydrogens is 531 g/mol. The third-order valence-corrected chi connectivity index (χ3v) is 8.05. The van der Waals surface area contributed by atoms with Crippen LogP contribution in [0.1, 0.15) is 0 Å². The minimum atomic E-state index is -5.78. The fourth-order valence-electron chi connectivity index (χ4n) is 2.97. The Morgan fingerprint density at radius 2 is 1.88 bits per heavy atom. The number of aromatic nitrogens is 4. The summed E-state index contributed by atoms with van der Waals surface area (Å²) < 4.78 is 51.8. The van der Waals surface area contributed by atoms with E-state index in [1.165, 1.54) is 0 Å². The van der Waals surface area contributed by atoms with Crippen molar-refractivity contribution in [3.05, 3.63) is 16.7 Å². The van der Waals surface area contributed by atoms with Crippen LogP contribution in [0.2, 0.25) is 0 Å². The van der Waals surface area contributed by atoms with Gasteiger partial charge >= 0.3 is 23.5 Å². The smallest absolute Gasteiger partial charge is 0.387 e. The van der Waals surface area contributed by atoms with Gasteiger partial charge in [0.25, 0.3) is 5.56 Å². The number of nitrogens with zero attached hydrogens (tertiary/aromatic N) is 3. The fraction of sp³-hybridized carbons (Fsp3) is 0.417. The molecule has 2 aromatic rings. The highest BCUT2D eigenvalue weighted by atomic mass is 31.3. The molecule has 1 aliphatic rings. The second-order valence-electron chi connectivity index (χ2n) is 6.56. The lowest BCUT2D eigenvalue weighted by molar-refractivity contribution is -0.102. The quantitative estimate of drug-likeness (QED) is 0.125. The molecule has 188 valence electrons. The van der Waals surface area contributed by atoms with Crippen molar-refractivity contribution in [3.63, 3.8) is 0 Å². The number of hydrogen-bond acceptors (Lipinski definition) is 13. The maximum atomic E-state index is 12.0. The molecule has 2 unspecified atom stereocenters. The topological polar surface area (TPSA) is 299 Å². The Bertz CT molecular complexity index is 1350. The summed E-state index contributed by atoms with van der Waals surface area (Å²) in [5.41, 5.74) is 1.95. The van der Waals surface area contributed by atoms with Crippen LogP contribution >= 0.6 is 23.5 Å². The predicted molar refractivity (Wildman–Crippen MR) is 106 cm³/mol. The highest BCUT2D eigenvalue weighted by molar-refractivity contribution is 7.66. The van der Waals surface area contributed by atoms with E-state index in [9.17, 15) is 33.6 Å². The van der Waals surface area contributed by atoms with Crippen molar-refractivity contribution < 1.29 is 61.4 Å². The van der Waals surface area contributed by atoms with Crippen LogP contribution in [0.25, 0.3) is 11.2 Å². The Labute approximate surface area is 187 Å². The highest BCUT2D eigenvalue weighted by Gasteiger charge is 2.56. The van der Waals surface area contributed by atoms with Gasteiger partial charge in [0.15, 0.2) is 11.2 Å². The van der Waals surface area contributed by atoms with Crippen LogP contribution in [-0.4, -0.2) is 74.2 Å². The third kappa shape index (κ3) is 5.30. The predicted octanol–water partition coefficient (Wildman–Crippen LogP) is -2.55. The second kappa shape index (κ2) is 8.90. The van der Waals surface area contributed by atoms with Gasteiger partial charge in [-0.3, -0.25) is 18.9 Å². The Balaban J connectivity index is 1.84. The van der Waals surface area contributed by atoms with E-state index in [-0.39, 0.29) is 17.1 Å². The summed E-state index contributed by atoms with van der Waals surface area (Å²) in [5, 5.41) is 20.9. The Hall–Kier alpha value is -2.00. The molecule has 0 radical (unpaired) electrons. The maximum Gasteiger partial charge on any atom is 0.490 e. The number of fused-ring (bicyclic) bond motifs is 1. The number of terminal acetylenes is 1. The molecule has 6 atom stereocenters. The van der Waals surface area contributed by atoms with E-state index in [4.69, 9.17) is 31.6 Å². The van der Waals surface area contributed by atoms with Gasteiger partial charge in [-0.25, -0.2) is 18.7 Å². The number of nitrogens with two attached hydrogens (primary N) is 1. The number of phosphoric acid groups is 3. The number of phosphoric ester groups is 1. The first kappa shape index (κ1) is 26.6. The summed E-state index contributed by atoms with van der Waals surface area (Å²) in [5.74, 6) is 1.73. The van der Waals surface area contributed by atoms with E-state index in [1.807, 2.05) is 0 Å². The van der Waals surface area contributed by atoms with E-state index >= 15 is 0 Å². The summed E-state index contributed by atoms with van der Waals surface area (Å²) >= 11 is 0. The van der Waals surface area contributed by atoms with Crippen molar-refractivity contribution >= 4 is 40.6 Å². The summed E-state index contributed by atoms with van der Waals surface area (Å²) in [4.78, 5) is 57.6. The number of aliphatic hydroxyl groups excluding tert-OH is 2. The number of aromatic amines is 1. The molecule has 22 heteroatoms. The van der Waals surface area contributed by atoms with Crippen molar-refractivity contribution in [3.8, 4) is 12.3 Å². The number of hydrogen-bond donors (Lipinski definition) is 8. The lowest BCUT2D eigenvalue weighted by Crippen LogP contribution is -2.44. The van der Waals surface area contributed by atoms with Gasteiger partial charge in [-0.05, 0) is 5.92 Å². The van der Waals surface area contributed by atoms with Crippen LogP contribution in [0, 0.1) is 12.3 Å². The molecular formula is C12H16N5O14P3. The van der Waals surface area contributed by atoms with Crippen LogP contribution in [-0.2, 0) is 37.3 Å². The molecule has 0 spiro atoms. The second-order valence-corrected chi connectivity index (χ2v) is 11.0. The number of ether oxygens (including phenoxy) is 1. The maximum absolute atomic E-state index is 12.0. The van der Waals surface area contributed by atoms with Crippen LogP contribution in [0.5, 0.6) is 0 Å². The molecule has 3 rings (SSSR count). The molecule has 1 fully saturated rings. The first-order valence-corrected chi connectivity index (χ1v) is 13.1. The number of anilines is 1. The van der Waals surface area contributed by atoms with Gasteiger partial charge in [-0.2, -0.15) is 13.6 Å². The zero-order valence-electron chi connectivity index (χ0n) is 16.3. The Kier molecular flexibility index (Phi) is 6.96. The molecule has 0 bridgehead atoms. The number of nitrogens with one attached hydrogen (secondary N) is 1. The number of rotatable bonds is 8. The molecule has 2 aromatic heterocycles. The molecule has 0 aliphatic carbocycles. The fourth-order valence-corrected chi connectivity index (χ4v) is 6.00. The van der Waals surface area contributed by atoms with E-state index in [0.717, 1.165) is 10.9 Å². The Morgan fingerprint density at radius 1 is 1.24 bits per heavy atom. The van der Waals surface area contributed by atoms with E-state index in [0.29, 0.717) is 0 Å². The normalized spacial score (nSPS) is 28.9. The number of nitrogen functional groups attached to an aromatic ring is 1. The molecule has 1 saturated heterocycles. The van der Waals surface area contributed by atoms with Crippen LogP contribution in [0.3, 0.4) is 0 Å². The van der Waals surface area contributed by atoms with Gasteiger partial charge in [0.05, 0.1) is 6.61 Å². The van der Waals surface area contributed by atoms with Gasteiger partial charge in [0, 0.05) is 0 Å².